The number of unbranched alkanes of at least 4 members (excludes halogenated alkanes) is 24. The van der Waals surface area contributed by atoms with Gasteiger partial charge in [0, 0.05) is 25.7 Å². The quantitative estimate of drug-likeness (QED) is 0.0169. The van der Waals surface area contributed by atoms with Crippen LogP contribution in [0.1, 0.15) is 323 Å². The number of aliphatic hydroxyl groups excluding tert-OH is 1. The fourth-order valence-electron chi connectivity index (χ4n) is 10.8. The molecule has 0 aromatic rings. The van der Waals surface area contributed by atoms with Crippen molar-refractivity contribution in [1.29, 1.82) is 0 Å². The average molecular weight is 1580 g/mol. The van der Waals surface area contributed by atoms with E-state index in [4.69, 9.17) is 37.0 Å². The predicted octanol–water partition coefficient (Wildman–Crippen LogP) is 25.3. The smallest absolute Gasteiger partial charge is 0.462 e. The molecular weight excluding hydrogens is 1430 g/mol. The molecule has 0 heterocycles. The Kier molecular flexibility index (Phi) is 77.3. The SMILES string of the molecule is CC/C=C\C/C=C\C/C=C\C/C=C\C/C=C\CCCCCC(=O)O[C@H](COC(=O)CCC/C=C\C/C=C\C/C=C\C/C=C\CCCCC)COP(=O)(O)OC[C@H](O)COP(=O)(O)OC[C@@H](COC(=O)CC/C=C\C/C=C\C/C=C\C/C=C\C/C=C\CCCCC)OC(=O)CCCCCCCCCCCCCCCCC. The minimum atomic E-state index is -5.01. The second-order valence-corrected chi connectivity index (χ2v) is 30.6. The van der Waals surface area contributed by atoms with Crippen LogP contribution in [0.5, 0.6) is 0 Å². The zero-order chi connectivity index (χ0) is 80.3. The molecule has 110 heavy (non-hydrogen) atoms. The lowest BCUT2D eigenvalue weighted by atomic mass is 10.0. The van der Waals surface area contributed by atoms with Gasteiger partial charge in [0.1, 0.15) is 19.3 Å². The van der Waals surface area contributed by atoms with Crippen molar-refractivity contribution in [2.24, 2.45) is 0 Å². The summed E-state index contributed by atoms with van der Waals surface area (Å²) in [5, 5.41) is 10.7. The van der Waals surface area contributed by atoms with E-state index in [0.717, 1.165) is 128 Å². The lowest BCUT2D eigenvalue weighted by Gasteiger charge is -2.21. The largest absolute Gasteiger partial charge is 0.472 e. The van der Waals surface area contributed by atoms with Crippen molar-refractivity contribution in [2.75, 3.05) is 39.6 Å². The molecular formula is C91H150O17P2. The Morgan fingerprint density at radius 1 is 0.264 bits per heavy atom. The first kappa shape index (κ1) is 104. The van der Waals surface area contributed by atoms with Gasteiger partial charge in [-0.3, -0.25) is 37.3 Å². The monoisotopic (exact) mass is 1580 g/mol. The maximum atomic E-state index is 13.1. The number of hydrogen-bond acceptors (Lipinski definition) is 15. The second kappa shape index (κ2) is 81.4. The van der Waals surface area contributed by atoms with Gasteiger partial charge in [-0.2, -0.15) is 0 Å². The summed E-state index contributed by atoms with van der Waals surface area (Å²) in [7, 11) is -10.0. The molecule has 0 rings (SSSR count). The van der Waals surface area contributed by atoms with E-state index in [1.807, 2.05) is 24.3 Å². The highest BCUT2D eigenvalue weighted by Gasteiger charge is 2.30. The third-order valence-corrected chi connectivity index (χ3v) is 19.1. The summed E-state index contributed by atoms with van der Waals surface area (Å²) in [5.41, 5.74) is 0. The molecule has 2 unspecified atom stereocenters. The molecule has 0 radical (unpaired) electrons. The van der Waals surface area contributed by atoms with E-state index in [1.165, 1.54) is 103 Å². The van der Waals surface area contributed by atoms with Gasteiger partial charge in [0.2, 0.25) is 0 Å². The Hall–Kier alpha value is -5.58. The average Bonchev–Trinajstić information content (AvgIpc) is 0.907. The van der Waals surface area contributed by atoms with E-state index in [2.05, 4.69) is 174 Å². The van der Waals surface area contributed by atoms with E-state index in [9.17, 15) is 43.2 Å². The van der Waals surface area contributed by atoms with E-state index in [-0.39, 0.29) is 25.7 Å². The minimum Gasteiger partial charge on any atom is -0.462 e. The Morgan fingerprint density at radius 2 is 0.500 bits per heavy atom. The number of allylic oxidation sites excluding steroid dienone is 28. The topological polar surface area (TPSA) is 237 Å². The molecule has 19 heteroatoms. The second-order valence-electron chi connectivity index (χ2n) is 27.7. The molecule has 5 atom stereocenters. The number of carbonyl (C=O) groups excluding carboxylic acids is 4. The van der Waals surface area contributed by atoms with Gasteiger partial charge >= 0.3 is 39.5 Å². The summed E-state index contributed by atoms with van der Waals surface area (Å²) in [5.74, 6) is -2.38. The van der Waals surface area contributed by atoms with Crippen LogP contribution >= 0.6 is 15.6 Å². The molecule has 3 N–H and O–H groups in total. The number of ether oxygens (including phenoxy) is 4. The lowest BCUT2D eigenvalue weighted by Crippen LogP contribution is -2.30. The van der Waals surface area contributed by atoms with Crippen LogP contribution in [-0.2, 0) is 65.4 Å². The highest BCUT2D eigenvalue weighted by Crippen LogP contribution is 2.45. The summed E-state index contributed by atoms with van der Waals surface area (Å²) in [4.78, 5) is 73.2. The van der Waals surface area contributed by atoms with Gasteiger partial charge in [-0.1, -0.05) is 320 Å². The number of aliphatic hydroxyl groups is 1. The Labute approximate surface area is 667 Å². The van der Waals surface area contributed by atoms with Crippen LogP contribution in [0.3, 0.4) is 0 Å². The van der Waals surface area contributed by atoms with E-state index < -0.39 is 97.5 Å². The Balaban J connectivity index is 5.53. The maximum absolute atomic E-state index is 13.1. The number of rotatable bonds is 78. The van der Waals surface area contributed by atoms with Gasteiger partial charge in [0.05, 0.1) is 26.4 Å². The van der Waals surface area contributed by atoms with Gasteiger partial charge in [0.15, 0.2) is 12.2 Å². The maximum Gasteiger partial charge on any atom is 0.472 e. The molecule has 0 saturated carbocycles. The van der Waals surface area contributed by atoms with Crippen molar-refractivity contribution >= 4 is 39.5 Å². The van der Waals surface area contributed by atoms with Crippen molar-refractivity contribution in [1.82, 2.24) is 0 Å². The number of phosphoric acid groups is 2. The van der Waals surface area contributed by atoms with Crippen LogP contribution < -0.4 is 0 Å². The van der Waals surface area contributed by atoms with Crippen LogP contribution in [0.15, 0.2) is 170 Å². The molecule has 0 aliphatic rings. The van der Waals surface area contributed by atoms with E-state index >= 15 is 0 Å². The molecule has 0 bridgehead atoms. The number of hydrogen-bond donors (Lipinski definition) is 3. The van der Waals surface area contributed by atoms with Gasteiger partial charge in [-0.25, -0.2) is 9.13 Å². The number of phosphoric ester groups is 2. The predicted molar refractivity (Wildman–Crippen MR) is 454 cm³/mol. The molecule has 17 nitrogen and oxygen atoms in total. The number of carbonyl (C=O) groups is 4. The van der Waals surface area contributed by atoms with Crippen molar-refractivity contribution < 1.29 is 80.2 Å². The summed E-state index contributed by atoms with van der Waals surface area (Å²) in [6.07, 6.45) is 97.7. The summed E-state index contributed by atoms with van der Waals surface area (Å²) < 4.78 is 68.6. The molecule has 0 aliphatic carbocycles. The van der Waals surface area contributed by atoms with Crippen molar-refractivity contribution in [3.63, 3.8) is 0 Å². The first-order chi connectivity index (χ1) is 53.7. The molecule has 0 amide bonds. The van der Waals surface area contributed by atoms with Crippen LogP contribution in [0, 0.1) is 0 Å². The zero-order valence-electron chi connectivity index (χ0n) is 68.6. The van der Waals surface area contributed by atoms with Gasteiger partial charge < -0.3 is 33.8 Å². The first-order valence-corrected chi connectivity index (χ1v) is 45.4. The highest BCUT2D eigenvalue weighted by molar-refractivity contribution is 7.47. The van der Waals surface area contributed by atoms with Crippen LogP contribution in [0.25, 0.3) is 0 Å². The fraction of sp³-hybridized carbons (Fsp3) is 0.648. The van der Waals surface area contributed by atoms with Gasteiger partial charge in [-0.15, -0.1) is 0 Å². The van der Waals surface area contributed by atoms with E-state index in [0.29, 0.717) is 38.5 Å². The molecule has 0 aromatic carbocycles. The minimum absolute atomic E-state index is 0.0333. The molecule has 0 saturated heterocycles. The third kappa shape index (κ3) is 80.5. The lowest BCUT2D eigenvalue weighted by molar-refractivity contribution is -0.161. The molecule has 0 fully saturated rings. The van der Waals surface area contributed by atoms with E-state index in [1.54, 1.807) is 0 Å². The number of esters is 4. The molecule has 0 spiro atoms. The Morgan fingerprint density at radius 3 is 0.827 bits per heavy atom. The highest BCUT2D eigenvalue weighted by atomic mass is 31.2. The first-order valence-electron chi connectivity index (χ1n) is 42.4. The zero-order valence-corrected chi connectivity index (χ0v) is 70.4. The standard InChI is InChI=1S/C91H150O17P2/c1-5-9-13-17-21-25-29-33-37-40-42-45-49-52-56-60-64-68-72-76-89(94)102-81-86(107-90(95)77-73-69-65-61-57-53-47-36-32-28-24-20-16-12-8-4)83-105-109(97,98)103-79-85(92)80-104-110(99,100)106-84-87(82-101-88(93)75-71-67-63-59-55-51-48-44-39-35-31-27-23-19-15-11-7-3)108-91(96)78-74-70-66-62-58-54-50-46-43-41-38-34-30-26-22-18-14-10-6-2/h10,14,21-23,25-27,33-35,37-39,42-43,45-46,48,51-52,54,56,58-59,63-64,68,85-87,92H,5-9,11-13,15-20,24,28-32,36,40-41,44,47,49-50,53,55,57,60-62,65-67,69-84H2,1-4H3,(H,97,98)(H,99,100)/b14-10-,25-21-,26-22-,27-23-,37-33-,38-34-,39-35-,45-42-,46-43-,51-48-,56-52-,58-54-,63-59-,68-64-/t85-,86-,87-/m1/s1. The normalized spacial score (nSPS) is 14.6. The fourth-order valence-corrected chi connectivity index (χ4v) is 12.3. The van der Waals surface area contributed by atoms with Crippen molar-refractivity contribution in [3.8, 4) is 0 Å². The van der Waals surface area contributed by atoms with Crippen LogP contribution in [-0.4, -0.2) is 96.7 Å². The van der Waals surface area contributed by atoms with Crippen LogP contribution in [0.2, 0.25) is 0 Å². The summed E-state index contributed by atoms with van der Waals surface area (Å²) in [6.45, 7) is 4.54. The van der Waals surface area contributed by atoms with Crippen LogP contribution in [0.4, 0.5) is 0 Å². The molecule has 0 aliphatic heterocycles. The molecule has 0 aromatic heterocycles. The van der Waals surface area contributed by atoms with Crippen molar-refractivity contribution in [2.45, 2.75) is 341 Å². The third-order valence-electron chi connectivity index (χ3n) is 17.2. The molecule has 626 valence electrons. The summed E-state index contributed by atoms with van der Waals surface area (Å²) >= 11 is 0. The van der Waals surface area contributed by atoms with Gasteiger partial charge in [-0.05, 0) is 148 Å². The Bertz CT molecular complexity index is 2750. The van der Waals surface area contributed by atoms with Crippen molar-refractivity contribution in [3.05, 3.63) is 170 Å². The van der Waals surface area contributed by atoms with Gasteiger partial charge in [0.25, 0.3) is 0 Å². The summed E-state index contributed by atoms with van der Waals surface area (Å²) in [6, 6.07) is 0.